The van der Waals surface area contributed by atoms with E-state index in [2.05, 4.69) is 4.98 Å². The Morgan fingerprint density at radius 3 is 2.65 bits per heavy atom. The third-order valence-electron chi connectivity index (χ3n) is 3.19. The van der Waals surface area contributed by atoms with Crippen LogP contribution in [0.1, 0.15) is 46.0 Å². The Bertz CT molecular complexity index is 532. The van der Waals surface area contributed by atoms with Gasteiger partial charge in [-0.3, -0.25) is 9.88 Å². The normalized spacial score (nSPS) is 17.0. The Balaban J connectivity index is 2.36. The molecule has 5 nitrogen and oxygen atoms in total. The lowest BCUT2D eigenvalue weighted by molar-refractivity contribution is 0.0579. The van der Waals surface area contributed by atoms with Crippen LogP contribution in [0.2, 0.25) is 0 Å². The van der Waals surface area contributed by atoms with Crippen LogP contribution in [-0.4, -0.2) is 28.3 Å². The van der Waals surface area contributed by atoms with Crippen molar-refractivity contribution in [1.82, 2.24) is 4.98 Å². The van der Waals surface area contributed by atoms with Crippen LogP contribution in [0, 0.1) is 0 Å². The molecule has 2 heterocycles. The van der Waals surface area contributed by atoms with Crippen molar-refractivity contribution in [1.29, 1.82) is 0 Å². The summed E-state index contributed by atoms with van der Waals surface area (Å²) in [5, 5.41) is 9.20. The van der Waals surface area contributed by atoms with Crippen LogP contribution in [0.5, 0.6) is 0 Å². The Morgan fingerprint density at radius 2 is 2.10 bits per heavy atom. The van der Waals surface area contributed by atoms with Gasteiger partial charge in [-0.1, -0.05) is 13.8 Å². The fourth-order valence-electron chi connectivity index (χ4n) is 2.33. The van der Waals surface area contributed by atoms with E-state index >= 15 is 0 Å². The highest BCUT2D eigenvalue weighted by molar-refractivity contribution is 5.91. The molecule has 0 atom stereocenters. The molecule has 0 saturated heterocycles. The molecule has 1 aromatic heterocycles. The number of ether oxygens (including phenoxy) is 1. The minimum Gasteiger partial charge on any atom is -0.443 e. The molecule has 0 radical (unpaired) electrons. The summed E-state index contributed by atoms with van der Waals surface area (Å²) in [5.74, 6) is 0. The maximum atomic E-state index is 12.3. The molecule has 110 valence electrons. The molecule has 0 unspecified atom stereocenters. The van der Waals surface area contributed by atoms with E-state index in [1.165, 1.54) is 0 Å². The van der Waals surface area contributed by atoms with Crippen molar-refractivity contribution in [2.75, 3.05) is 11.4 Å². The second kappa shape index (κ2) is 4.74. The summed E-state index contributed by atoms with van der Waals surface area (Å²) in [4.78, 5) is 18.4. The zero-order chi connectivity index (χ0) is 15.1. The Labute approximate surface area is 119 Å². The molecular formula is C15H22N2O3. The number of anilines is 1. The largest absolute Gasteiger partial charge is 0.443 e. The summed E-state index contributed by atoms with van der Waals surface area (Å²) in [7, 11) is 0. The molecule has 0 bridgehead atoms. The van der Waals surface area contributed by atoms with E-state index in [1.54, 1.807) is 11.0 Å². The SMILES string of the molecule is CC(C)(C)OC(=O)N1CC(C)(C)c2nc(CO)ccc21. The monoisotopic (exact) mass is 278 g/mol. The topological polar surface area (TPSA) is 62.7 Å². The highest BCUT2D eigenvalue weighted by Gasteiger charge is 2.41. The first kappa shape index (κ1) is 14.8. The minimum atomic E-state index is -0.525. The van der Waals surface area contributed by atoms with Gasteiger partial charge in [-0.2, -0.15) is 0 Å². The molecule has 1 aliphatic rings. The van der Waals surface area contributed by atoms with Crippen LogP contribution in [0.15, 0.2) is 12.1 Å². The number of rotatable bonds is 1. The van der Waals surface area contributed by atoms with Gasteiger partial charge in [0.1, 0.15) is 5.60 Å². The third kappa shape index (κ3) is 2.77. The standard InChI is InChI=1S/C15H22N2O3/c1-14(2,3)20-13(19)17-9-15(4,5)12-11(17)7-6-10(8-18)16-12/h6-7,18H,8-9H2,1-5H3. The number of aliphatic hydroxyl groups is 1. The summed E-state index contributed by atoms with van der Waals surface area (Å²) in [6.45, 7) is 10.0. The smallest absolute Gasteiger partial charge is 0.414 e. The molecule has 20 heavy (non-hydrogen) atoms. The molecular weight excluding hydrogens is 256 g/mol. The molecule has 0 spiro atoms. The van der Waals surface area contributed by atoms with E-state index in [9.17, 15) is 9.90 Å². The van der Waals surface area contributed by atoms with E-state index in [0.29, 0.717) is 12.2 Å². The summed E-state index contributed by atoms with van der Waals surface area (Å²) in [5.41, 5.74) is 1.43. The number of carbonyl (C=O) groups excluding carboxylic acids is 1. The van der Waals surface area contributed by atoms with Gasteiger partial charge in [0.2, 0.25) is 0 Å². The maximum Gasteiger partial charge on any atom is 0.414 e. The van der Waals surface area contributed by atoms with E-state index in [0.717, 1.165) is 11.4 Å². The number of nitrogens with zero attached hydrogens (tertiary/aromatic N) is 2. The van der Waals surface area contributed by atoms with Crippen LogP contribution in [0.3, 0.4) is 0 Å². The molecule has 0 fully saturated rings. The molecule has 2 rings (SSSR count). The third-order valence-corrected chi connectivity index (χ3v) is 3.19. The van der Waals surface area contributed by atoms with E-state index < -0.39 is 5.60 Å². The number of hydrogen-bond donors (Lipinski definition) is 1. The highest BCUT2D eigenvalue weighted by Crippen LogP contribution is 2.39. The van der Waals surface area contributed by atoms with E-state index in [1.807, 2.05) is 40.7 Å². The van der Waals surface area contributed by atoms with Crippen LogP contribution >= 0.6 is 0 Å². The number of pyridine rings is 1. The first-order valence-electron chi connectivity index (χ1n) is 6.76. The fraction of sp³-hybridized carbons (Fsp3) is 0.600. The van der Waals surface area contributed by atoms with Crippen LogP contribution in [-0.2, 0) is 16.8 Å². The quantitative estimate of drug-likeness (QED) is 0.857. The molecule has 1 amide bonds. The molecule has 1 N–H and O–H groups in total. The van der Waals surface area contributed by atoms with E-state index in [4.69, 9.17) is 4.74 Å². The lowest BCUT2D eigenvalue weighted by atomic mass is 9.91. The lowest BCUT2D eigenvalue weighted by Gasteiger charge is -2.25. The molecule has 0 aliphatic carbocycles. The van der Waals surface area contributed by atoms with Crippen molar-refractivity contribution in [2.24, 2.45) is 0 Å². The van der Waals surface area contributed by atoms with Gasteiger partial charge in [-0.15, -0.1) is 0 Å². The maximum absolute atomic E-state index is 12.3. The van der Waals surface area contributed by atoms with Crippen molar-refractivity contribution in [2.45, 2.75) is 52.2 Å². The average Bonchev–Trinajstić information content (AvgIpc) is 2.59. The number of amides is 1. The predicted octanol–water partition coefficient (Wildman–Crippen LogP) is 2.61. The van der Waals surface area contributed by atoms with Gasteiger partial charge in [0.15, 0.2) is 0 Å². The van der Waals surface area contributed by atoms with Gasteiger partial charge in [0.25, 0.3) is 0 Å². The van der Waals surface area contributed by atoms with E-state index in [-0.39, 0.29) is 18.1 Å². The zero-order valence-corrected chi connectivity index (χ0v) is 12.7. The number of fused-ring (bicyclic) bond motifs is 1. The van der Waals surface area contributed by atoms with Crippen molar-refractivity contribution < 1.29 is 14.6 Å². The molecule has 0 aromatic carbocycles. The van der Waals surface area contributed by atoms with Gasteiger partial charge in [-0.05, 0) is 32.9 Å². The van der Waals surface area contributed by atoms with Crippen LogP contribution in [0.25, 0.3) is 0 Å². The molecule has 5 heteroatoms. The van der Waals surface area contributed by atoms with Gasteiger partial charge >= 0.3 is 6.09 Å². The second-order valence-corrected chi connectivity index (χ2v) is 6.78. The average molecular weight is 278 g/mol. The molecule has 1 aromatic rings. The summed E-state index contributed by atoms with van der Waals surface area (Å²) < 4.78 is 5.44. The van der Waals surface area contributed by atoms with Gasteiger partial charge < -0.3 is 9.84 Å². The fourth-order valence-corrected chi connectivity index (χ4v) is 2.33. The van der Waals surface area contributed by atoms with Crippen LogP contribution < -0.4 is 4.90 Å². The minimum absolute atomic E-state index is 0.101. The Morgan fingerprint density at radius 1 is 1.45 bits per heavy atom. The second-order valence-electron chi connectivity index (χ2n) is 6.78. The van der Waals surface area contributed by atoms with Gasteiger partial charge in [-0.25, -0.2) is 4.79 Å². The van der Waals surface area contributed by atoms with Crippen molar-refractivity contribution >= 4 is 11.8 Å². The summed E-state index contributed by atoms with van der Waals surface area (Å²) >= 11 is 0. The van der Waals surface area contributed by atoms with Crippen LogP contribution in [0.4, 0.5) is 10.5 Å². The van der Waals surface area contributed by atoms with Crippen molar-refractivity contribution in [3.63, 3.8) is 0 Å². The number of aromatic nitrogens is 1. The van der Waals surface area contributed by atoms with Gasteiger partial charge in [0.05, 0.1) is 23.7 Å². The Hall–Kier alpha value is -1.62. The van der Waals surface area contributed by atoms with Gasteiger partial charge in [0, 0.05) is 12.0 Å². The highest BCUT2D eigenvalue weighted by atomic mass is 16.6. The number of carbonyl (C=O) groups is 1. The van der Waals surface area contributed by atoms with Crippen molar-refractivity contribution in [3.8, 4) is 0 Å². The zero-order valence-electron chi connectivity index (χ0n) is 12.7. The summed E-state index contributed by atoms with van der Waals surface area (Å²) in [6.07, 6.45) is -0.358. The lowest BCUT2D eigenvalue weighted by Crippen LogP contribution is -2.38. The van der Waals surface area contributed by atoms with Crippen molar-refractivity contribution in [3.05, 3.63) is 23.5 Å². The summed E-state index contributed by atoms with van der Waals surface area (Å²) in [6, 6.07) is 3.56. The first-order chi connectivity index (χ1) is 9.14. The number of aliphatic hydroxyl groups excluding tert-OH is 1. The first-order valence-corrected chi connectivity index (χ1v) is 6.76. The molecule has 0 saturated carbocycles. The predicted molar refractivity (Wildman–Crippen MR) is 76.8 cm³/mol. The Kier molecular flexibility index (Phi) is 3.50. The molecule has 1 aliphatic heterocycles. The number of hydrogen-bond acceptors (Lipinski definition) is 4.